The van der Waals surface area contributed by atoms with E-state index >= 15 is 0 Å². The second-order valence-corrected chi connectivity index (χ2v) is 7.21. The van der Waals surface area contributed by atoms with E-state index in [0.29, 0.717) is 6.42 Å². The smallest absolute Gasteiger partial charge is 0.0846 e. The first-order valence-corrected chi connectivity index (χ1v) is 8.66. The summed E-state index contributed by atoms with van der Waals surface area (Å²) in [5.74, 6) is 0. The molecule has 0 aliphatic rings. The Morgan fingerprint density at radius 3 is 2.35 bits per heavy atom. The maximum atomic E-state index is 10.5. The van der Waals surface area contributed by atoms with Crippen molar-refractivity contribution in [3.05, 3.63) is 48.6 Å². The Bertz CT molecular complexity index is 605. The maximum Gasteiger partial charge on any atom is 0.0846 e. The Kier molecular flexibility index (Phi) is 5.45. The number of aryl methyl sites for hydroxylation is 2. The number of rotatable bonds is 4. The lowest BCUT2D eigenvalue weighted by Gasteiger charge is -2.13. The molecule has 2 aromatic rings. The first kappa shape index (κ1) is 16.2. The van der Waals surface area contributed by atoms with E-state index in [4.69, 9.17) is 0 Å². The Hall–Kier alpha value is -0.170. The highest BCUT2D eigenvalue weighted by Gasteiger charge is 2.17. The van der Waals surface area contributed by atoms with Crippen molar-refractivity contribution in [3.8, 4) is 0 Å². The van der Waals surface area contributed by atoms with Gasteiger partial charge in [-0.3, -0.25) is 4.68 Å². The predicted octanol–water partition coefficient (Wildman–Crippen LogP) is 4.78. The summed E-state index contributed by atoms with van der Waals surface area (Å²) in [6.45, 7) is 4.79. The molecular formula is C14H15Br3N2O. The van der Waals surface area contributed by atoms with Crippen LogP contribution in [0.2, 0.25) is 0 Å². The number of aromatic nitrogens is 2. The van der Waals surface area contributed by atoms with E-state index in [0.717, 1.165) is 36.9 Å². The van der Waals surface area contributed by atoms with Crippen LogP contribution < -0.4 is 0 Å². The number of benzene rings is 1. The molecule has 1 aromatic carbocycles. The molecule has 1 unspecified atom stereocenters. The topological polar surface area (TPSA) is 38.0 Å². The van der Waals surface area contributed by atoms with Crippen LogP contribution in [-0.2, 0) is 13.0 Å². The summed E-state index contributed by atoms with van der Waals surface area (Å²) in [7, 11) is 0. The quantitative estimate of drug-likeness (QED) is 0.704. The lowest BCUT2D eigenvalue weighted by molar-refractivity contribution is 0.175. The van der Waals surface area contributed by atoms with E-state index in [2.05, 4.69) is 52.9 Å². The Morgan fingerprint density at radius 2 is 1.80 bits per heavy atom. The van der Waals surface area contributed by atoms with Crippen molar-refractivity contribution in [2.24, 2.45) is 0 Å². The zero-order chi connectivity index (χ0) is 14.9. The fraction of sp³-hybridized carbons (Fsp3) is 0.357. The van der Waals surface area contributed by atoms with Gasteiger partial charge in [0.2, 0.25) is 0 Å². The molecule has 2 rings (SSSR count). The van der Waals surface area contributed by atoms with Crippen molar-refractivity contribution in [2.75, 3.05) is 0 Å². The van der Waals surface area contributed by atoms with Crippen LogP contribution in [0.1, 0.15) is 30.0 Å². The number of hydrogen-bond donors (Lipinski definition) is 1. The van der Waals surface area contributed by atoms with Crippen molar-refractivity contribution in [1.29, 1.82) is 0 Å². The molecule has 0 saturated carbocycles. The number of aliphatic hydroxyl groups excluding tert-OH is 1. The SMILES string of the molecule is CCn1nc(C)c(Br)c1CC(O)c1cc(Br)cc(Br)c1. The monoisotopic (exact) mass is 464 g/mol. The number of halogens is 3. The van der Waals surface area contributed by atoms with E-state index in [1.165, 1.54) is 0 Å². The third-order valence-corrected chi connectivity index (χ3v) is 5.06. The third kappa shape index (κ3) is 3.53. The van der Waals surface area contributed by atoms with E-state index < -0.39 is 6.10 Å². The largest absolute Gasteiger partial charge is 0.388 e. The Balaban J connectivity index is 2.29. The van der Waals surface area contributed by atoms with Gasteiger partial charge in [0.1, 0.15) is 0 Å². The molecule has 0 spiro atoms. The van der Waals surface area contributed by atoms with E-state index in [9.17, 15) is 5.11 Å². The minimum atomic E-state index is -0.568. The molecule has 1 atom stereocenters. The van der Waals surface area contributed by atoms with Gasteiger partial charge in [0.15, 0.2) is 0 Å². The fourth-order valence-corrected chi connectivity index (χ4v) is 3.91. The van der Waals surface area contributed by atoms with Gasteiger partial charge in [0.25, 0.3) is 0 Å². The van der Waals surface area contributed by atoms with Crippen LogP contribution in [0.15, 0.2) is 31.6 Å². The normalized spacial score (nSPS) is 12.7. The molecule has 6 heteroatoms. The number of hydrogen-bond acceptors (Lipinski definition) is 2. The number of aliphatic hydroxyl groups is 1. The molecule has 3 nitrogen and oxygen atoms in total. The van der Waals surface area contributed by atoms with Crippen LogP contribution in [0, 0.1) is 6.92 Å². The van der Waals surface area contributed by atoms with Gasteiger partial charge in [0, 0.05) is 21.9 Å². The minimum Gasteiger partial charge on any atom is -0.388 e. The standard InChI is InChI=1S/C14H15Br3N2O/c1-3-19-12(14(17)8(2)18-19)7-13(20)9-4-10(15)6-11(16)5-9/h4-6,13,20H,3,7H2,1-2H3. The lowest BCUT2D eigenvalue weighted by Crippen LogP contribution is -2.09. The van der Waals surface area contributed by atoms with Gasteiger partial charge in [-0.1, -0.05) is 31.9 Å². The first-order chi connectivity index (χ1) is 9.42. The van der Waals surface area contributed by atoms with Crippen LogP contribution in [0.4, 0.5) is 0 Å². The molecule has 0 aliphatic carbocycles. The zero-order valence-corrected chi connectivity index (χ0v) is 16.0. The van der Waals surface area contributed by atoms with E-state index in [1.807, 2.05) is 36.7 Å². The molecular weight excluding hydrogens is 452 g/mol. The maximum absolute atomic E-state index is 10.5. The number of nitrogens with zero attached hydrogens (tertiary/aromatic N) is 2. The second kappa shape index (κ2) is 6.73. The first-order valence-electron chi connectivity index (χ1n) is 6.28. The second-order valence-electron chi connectivity index (χ2n) is 4.58. The summed E-state index contributed by atoms with van der Waals surface area (Å²) in [5, 5.41) is 14.9. The van der Waals surface area contributed by atoms with Crippen LogP contribution in [-0.4, -0.2) is 14.9 Å². The third-order valence-electron chi connectivity index (χ3n) is 3.11. The average molecular weight is 467 g/mol. The molecule has 0 radical (unpaired) electrons. The molecule has 1 heterocycles. The van der Waals surface area contributed by atoms with Crippen molar-refractivity contribution in [2.45, 2.75) is 32.9 Å². The average Bonchev–Trinajstić information content (AvgIpc) is 2.65. The van der Waals surface area contributed by atoms with Crippen molar-refractivity contribution >= 4 is 47.8 Å². The molecule has 108 valence electrons. The molecule has 1 aromatic heterocycles. The summed E-state index contributed by atoms with van der Waals surface area (Å²) >= 11 is 10.4. The molecule has 20 heavy (non-hydrogen) atoms. The summed E-state index contributed by atoms with van der Waals surface area (Å²) in [5.41, 5.74) is 2.85. The van der Waals surface area contributed by atoms with Gasteiger partial charge in [-0.25, -0.2) is 0 Å². The molecule has 0 saturated heterocycles. The van der Waals surface area contributed by atoms with E-state index in [1.54, 1.807) is 0 Å². The van der Waals surface area contributed by atoms with Crippen LogP contribution >= 0.6 is 47.8 Å². The Morgan fingerprint density at radius 1 is 1.20 bits per heavy atom. The van der Waals surface area contributed by atoms with Crippen LogP contribution in [0.25, 0.3) is 0 Å². The highest BCUT2D eigenvalue weighted by atomic mass is 79.9. The van der Waals surface area contributed by atoms with Crippen molar-refractivity contribution < 1.29 is 5.11 Å². The fourth-order valence-electron chi connectivity index (χ4n) is 2.13. The van der Waals surface area contributed by atoms with Gasteiger partial charge in [0.05, 0.1) is 22.0 Å². The zero-order valence-electron chi connectivity index (χ0n) is 11.2. The highest BCUT2D eigenvalue weighted by Crippen LogP contribution is 2.29. The summed E-state index contributed by atoms with van der Waals surface area (Å²) in [6.07, 6.45) is -0.0421. The van der Waals surface area contributed by atoms with Crippen molar-refractivity contribution in [1.82, 2.24) is 9.78 Å². The minimum absolute atomic E-state index is 0.526. The molecule has 0 amide bonds. The highest BCUT2D eigenvalue weighted by molar-refractivity contribution is 9.11. The van der Waals surface area contributed by atoms with Gasteiger partial charge in [-0.05, 0) is 53.5 Å². The molecule has 1 N–H and O–H groups in total. The van der Waals surface area contributed by atoms with Gasteiger partial charge < -0.3 is 5.11 Å². The van der Waals surface area contributed by atoms with Crippen LogP contribution in [0.3, 0.4) is 0 Å². The lowest BCUT2D eigenvalue weighted by atomic mass is 10.0. The van der Waals surface area contributed by atoms with Crippen molar-refractivity contribution in [3.63, 3.8) is 0 Å². The van der Waals surface area contributed by atoms with Gasteiger partial charge in [-0.15, -0.1) is 0 Å². The molecule has 0 aliphatic heterocycles. The molecule has 0 fully saturated rings. The summed E-state index contributed by atoms with van der Waals surface area (Å²) in [4.78, 5) is 0. The van der Waals surface area contributed by atoms with Gasteiger partial charge >= 0.3 is 0 Å². The van der Waals surface area contributed by atoms with Crippen LogP contribution in [0.5, 0.6) is 0 Å². The predicted molar refractivity (Wildman–Crippen MR) is 90.8 cm³/mol. The van der Waals surface area contributed by atoms with E-state index in [-0.39, 0.29) is 0 Å². The van der Waals surface area contributed by atoms with Gasteiger partial charge in [-0.2, -0.15) is 5.10 Å². The summed E-state index contributed by atoms with van der Waals surface area (Å²) in [6, 6.07) is 5.82. The molecule has 0 bridgehead atoms. The summed E-state index contributed by atoms with van der Waals surface area (Å²) < 4.78 is 4.79. The Labute approximate surface area is 143 Å².